The average molecular weight is 360 g/mol. The van der Waals surface area contributed by atoms with E-state index in [0.717, 1.165) is 12.8 Å². The van der Waals surface area contributed by atoms with E-state index in [9.17, 15) is 9.59 Å². The number of nitrogens with one attached hydrogen (secondary N) is 1. The molecule has 2 aromatic heterocycles. The van der Waals surface area contributed by atoms with Gasteiger partial charge in [-0.1, -0.05) is 0 Å². The number of fused-ring (bicyclic) bond motifs is 1. The number of carbonyl (C=O) groups excluding carboxylic acids is 2. The Hall–Kier alpha value is -2.61. The van der Waals surface area contributed by atoms with E-state index in [0.29, 0.717) is 42.5 Å². The summed E-state index contributed by atoms with van der Waals surface area (Å²) >= 11 is 0. The lowest BCUT2D eigenvalue weighted by Gasteiger charge is -2.32. The van der Waals surface area contributed by atoms with Crippen LogP contribution in [-0.4, -0.2) is 63.6 Å². The second kappa shape index (κ2) is 7.74. The molecule has 0 radical (unpaired) electrons. The summed E-state index contributed by atoms with van der Waals surface area (Å²) in [5, 5.41) is 12.0. The first-order valence-corrected chi connectivity index (χ1v) is 8.85. The first-order valence-electron chi connectivity index (χ1n) is 8.85. The maximum absolute atomic E-state index is 12.9. The Morgan fingerprint density at radius 2 is 2.27 bits per heavy atom. The number of aryl methyl sites for hydroxylation is 1. The monoisotopic (exact) mass is 360 g/mol. The predicted molar refractivity (Wildman–Crippen MR) is 95.3 cm³/mol. The molecule has 0 saturated carbocycles. The minimum absolute atomic E-state index is 0.147. The van der Waals surface area contributed by atoms with E-state index in [1.54, 1.807) is 22.4 Å². The van der Waals surface area contributed by atoms with E-state index >= 15 is 0 Å². The summed E-state index contributed by atoms with van der Waals surface area (Å²) in [7, 11) is 0. The van der Waals surface area contributed by atoms with Crippen LogP contribution in [0, 0.1) is 6.92 Å². The van der Waals surface area contributed by atoms with Crippen LogP contribution in [0.25, 0.3) is 5.65 Å². The van der Waals surface area contributed by atoms with Gasteiger partial charge in [-0.2, -0.15) is 0 Å². The van der Waals surface area contributed by atoms with Crippen LogP contribution in [0.3, 0.4) is 0 Å². The van der Waals surface area contributed by atoms with E-state index in [-0.39, 0.29) is 17.9 Å². The minimum atomic E-state index is -0.507. The number of aromatic nitrogens is 2. The quantitative estimate of drug-likeness (QED) is 0.820. The van der Waals surface area contributed by atoms with E-state index < -0.39 is 6.61 Å². The van der Waals surface area contributed by atoms with Gasteiger partial charge in [-0.05, 0) is 38.8 Å². The topological polar surface area (TPSA) is 96.2 Å². The number of likely N-dealkylation sites (tertiary alicyclic amines) is 1. The van der Waals surface area contributed by atoms with Crippen molar-refractivity contribution in [2.75, 3.05) is 26.3 Å². The van der Waals surface area contributed by atoms with Gasteiger partial charge in [0.2, 0.25) is 5.91 Å². The summed E-state index contributed by atoms with van der Waals surface area (Å²) in [4.78, 5) is 30.6. The summed E-state index contributed by atoms with van der Waals surface area (Å²) in [5.41, 5.74) is 1.69. The van der Waals surface area contributed by atoms with Crippen molar-refractivity contribution >= 4 is 17.5 Å². The fourth-order valence-corrected chi connectivity index (χ4v) is 3.37. The maximum atomic E-state index is 12.9. The molecule has 26 heavy (non-hydrogen) atoms. The maximum Gasteiger partial charge on any atom is 0.270 e. The van der Waals surface area contributed by atoms with Gasteiger partial charge in [0.05, 0.1) is 12.3 Å². The lowest BCUT2D eigenvalue weighted by atomic mass is 10.1. The molecule has 2 aromatic rings. The van der Waals surface area contributed by atoms with Crippen molar-refractivity contribution in [1.29, 1.82) is 0 Å². The molecule has 8 heteroatoms. The fraction of sp³-hybridized carbons (Fsp3) is 0.500. The van der Waals surface area contributed by atoms with Crippen molar-refractivity contribution in [2.24, 2.45) is 0 Å². The molecule has 0 aliphatic carbocycles. The number of hydrogen-bond donors (Lipinski definition) is 2. The molecule has 2 amide bonds. The molecule has 1 aliphatic heterocycles. The van der Waals surface area contributed by atoms with E-state index in [1.807, 2.05) is 19.1 Å². The van der Waals surface area contributed by atoms with Crippen LogP contribution in [0.2, 0.25) is 0 Å². The van der Waals surface area contributed by atoms with Crippen LogP contribution < -0.4 is 10.1 Å². The number of hydrogen-bond acceptors (Lipinski definition) is 5. The zero-order valence-electron chi connectivity index (χ0n) is 15.1. The molecular weight excluding hydrogens is 336 g/mol. The molecule has 140 valence electrons. The Morgan fingerprint density at radius 3 is 3.00 bits per heavy atom. The number of amides is 2. The second-order valence-electron chi connectivity index (χ2n) is 6.36. The van der Waals surface area contributed by atoms with Gasteiger partial charge in [0.1, 0.15) is 12.3 Å². The minimum Gasteiger partial charge on any atom is -0.490 e. The largest absolute Gasteiger partial charge is 0.490 e. The Balaban J connectivity index is 1.81. The molecular formula is C18H24N4O4. The summed E-state index contributed by atoms with van der Waals surface area (Å²) < 4.78 is 7.32. The molecule has 0 unspecified atom stereocenters. The summed E-state index contributed by atoms with van der Waals surface area (Å²) in [6.45, 7) is 4.72. The van der Waals surface area contributed by atoms with Crippen LogP contribution in [0.5, 0.6) is 5.75 Å². The third kappa shape index (κ3) is 3.50. The first kappa shape index (κ1) is 18.2. The number of rotatable bonds is 5. The van der Waals surface area contributed by atoms with Gasteiger partial charge in [-0.25, -0.2) is 4.98 Å². The lowest BCUT2D eigenvalue weighted by molar-refractivity contribution is -0.135. The van der Waals surface area contributed by atoms with Crippen LogP contribution in [0.4, 0.5) is 0 Å². The molecule has 1 fully saturated rings. The molecule has 0 aromatic carbocycles. The van der Waals surface area contributed by atoms with Gasteiger partial charge < -0.3 is 20.1 Å². The number of aliphatic hydroxyl groups excluding tert-OH is 1. The Labute approximate surface area is 151 Å². The molecule has 1 aliphatic rings. The number of pyridine rings is 1. The summed E-state index contributed by atoms with van der Waals surface area (Å²) in [6.07, 6.45) is 3.37. The highest BCUT2D eigenvalue weighted by Gasteiger charge is 2.26. The first-order chi connectivity index (χ1) is 12.5. The van der Waals surface area contributed by atoms with Crippen molar-refractivity contribution in [3.63, 3.8) is 0 Å². The van der Waals surface area contributed by atoms with E-state index in [4.69, 9.17) is 9.84 Å². The molecule has 2 N–H and O–H groups in total. The van der Waals surface area contributed by atoms with Crippen molar-refractivity contribution < 1.29 is 19.4 Å². The zero-order valence-corrected chi connectivity index (χ0v) is 15.1. The van der Waals surface area contributed by atoms with Gasteiger partial charge >= 0.3 is 0 Å². The molecule has 3 heterocycles. The molecule has 0 spiro atoms. The van der Waals surface area contributed by atoms with Crippen molar-refractivity contribution in [3.8, 4) is 5.75 Å². The third-order valence-electron chi connectivity index (χ3n) is 4.55. The predicted octanol–water partition coefficient (Wildman–Crippen LogP) is 0.755. The number of nitrogens with zero attached hydrogens (tertiary/aromatic N) is 3. The number of carbonyl (C=O) groups is 2. The molecule has 8 nitrogen and oxygen atoms in total. The number of ether oxygens (including phenoxy) is 1. The summed E-state index contributed by atoms with van der Waals surface area (Å²) in [6, 6.07) is 3.50. The SMILES string of the molecule is CCOc1cccn2c(C(=O)N[C@H]3CCCN(C(=O)CO)C3)c(C)nc12. The Morgan fingerprint density at radius 1 is 1.46 bits per heavy atom. The van der Waals surface area contributed by atoms with Crippen molar-refractivity contribution in [3.05, 3.63) is 29.7 Å². The second-order valence-corrected chi connectivity index (χ2v) is 6.36. The van der Waals surface area contributed by atoms with Crippen LogP contribution in [0.1, 0.15) is 35.9 Å². The average Bonchev–Trinajstić information content (AvgIpc) is 2.98. The van der Waals surface area contributed by atoms with Gasteiger partial charge in [0.15, 0.2) is 11.4 Å². The Kier molecular flexibility index (Phi) is 5.41. The highest BCUT2D eigenvalue weighted by molar-refractivity contribution is 5.95. The molecule has 3 rings (SSSR count). The molecule has 0 bridgehead atoms. The highest BCUT2D eigenvalue weighted by atomic mass is 16.5. The lowest BCUT2D eigenvalue weighted by Crippen LogP contribution is -2.50. The number of imidazole rings is 1. The van der Waals surface area contributed by atoms with Crippen molar-refractivity contribution in [2.45, 2.75) is 32.7 Å². The van der Waals surface area contributed by atoms with Crippen molar-refractivity contribution in [1.82, 2.24) is 19.6 Å². The Bertz CT molecular complexity index is 817. The summed E-state index contributed by atoms with van der Waals surface area (Å²) in [5.74, 6) is 0.0952. The molecule has 1 atom stereocenters. The third-order valence-corrected chi connectivity index (χ3v) is 4.55. The van der Waals surface area contributed by atoms with E-state index in [2.05, 4.69) is 10.3 Å². The number of aliphatic hydroxyl groups is 1. The van der Waals surface area contributed by atoms with Gasteiger partial charge in [0, 0.05) is 25.3 Å². The van der Waals surface area contributed by atoms with E-state index in [1.165, 1.54) is 0 Å². The van der Waals surface area contributed by atoms with Crippen LogP contribution in [0.15, 0.2) is 18.3 Å². The smallest absolute Gasteiger partial charge is 0.270 e. The zero-order chi connectivity index (χ0) is 18.7. The highest BCUT2D eigenvalue weighted by Crippen LogP contribution is 2.22. The fourth-order valence-electron chi connectivity index (χ4n) is 3.37. The van der Waals surface area contributed by atoms with Crippen LogP contribution in [-0.2, 0) is 4.79 Å². The standard InChI is InChI=1S/C18H24N4O4/c1-3-26-14-7-5-9-22-16(12(2)19-17(14)22)18(25)20-13-6-4-8-21(10-13)15(24)11-23/h5,7,9,13,23H,3-4,6,8,10-11H2,1-2H3,(H,20,25)/t13-/m0/s1. The molecule has 1 saturated heterocycles. The van der Waals surface area contributed by atoms with Gasteiger partial charge in [-0.15, -0.1) is 0 Å². The van der Waals surface area contributed by atoms with Gasteiger partial charge in [0.25, 0.3) is 5.91 Å². The van der Waals surface area contributed by atoms with Gasteiger partial charge in [-0.3, -0.25) is 14.0 Å². The van der Waals surface area contributed by atoms with Crippen LogP contribution >= 0.6 is 0 Å². The normalized spacial score (nSPS) is 17.3. The number of piperidine rings is 1.